The molecule has 0 aromatic carbocycles. The fourth-order valence-corrected chi connectivity index (χ4v) is 3.95. The SMILES string of the molecule is Cc1cncc(COc2cc(C)n(-c3cc(-c4cccc(C(C)(C)O)n4)ncc3C)c(=O)c2Cl)c1. The highest BCUT2D eigenvalue weighted by Gasteiger charge is 2.20. The topological polar surface area (TPSA) is 90.1 Å². The molecule has 0 aliphatic rings. The lowest BCUT2D eigenvalue weighted by molar-refractivity contribution is 0.0740. The van der Waals surface area contributed by atoms with Gasteiger partial charge in [-0.2, -0.15) is 0 Å². The van der Waals surface area contributed by atoms with Gasteiger partial charge in [0.15, 0.2) is 0 Å². The third-order valence-electron chi connectivity index (χ3n) is 5.58. The molecule has 0 aliphatic carbocycles. The van der Waals surface area contributed by atoms with E-state index < -0.39 is 5.60 Å². The Morgan fingerprint density at radius 3 is 2.54 bits per heavy atom. The van der Waals surface area contributed by atoms with Gasteiger partial charge in [0.05, 0.1) is 22.8 Å². The third-order valence-corrected chi connectivity index (χ3v) is 5.93. The maximum Gasteiger partial charge on any atom is 0.277 e. The van der Waals surface area contributed by atoms with Crippen molar-refractivity contribution < 1.29 is 9.84 Å². The lowest BCUT2D eigenvalue weighted by Gasteiger charge is -2.18. The number of aryl methyl sites for hydroxylation is 3. The normalized spacial score (nSPS) is 11.5. The van der Waals surface area contributed by atoms with Gasteiger partial charge in [0.2, 0.25) is 0 Å². The molecule has 0 unspecified atom stereocenters. The summed E-state index contributed by atoms with van der Waals surface area (Å²) in [6.45, 7) is 9.26. The van der Waals surface area contributed by atoms with Crippen molar-refractivity contribution in [3.05, 3.63) is 98.4 Å². The molecule has 7 nitrogen and oxygen atoms in total. The van der Waals surface area contributed by atoms with Crippen molar-refractivity contribution in [2.24, 2.45) is 0 Å². The monoisotopic (exact) mass is 490 g/mol. The first-order valence-electron chi connectivity index (χ1n) is 11.2. The molecule has 4 rings (SSSR count). The Morgan fingerprint density at radius 1 is 1.06 bits per heavy atom. The number of ether oxygens (including phenoxy) is 1. The Hall–Kier alpha value is -3.55. The fraction of sp³-hybridized carbons (Fsp3) is 0.259. The Kier molecular flexibility index (Phi) is 6.74. The summed E-state index contributed by atoms with van der Waals surface area (Å²) < 4.78 is 7.41. The zero-order valence-electron chi connectivity index (χ0n) is 20.3. The van der Waals surface area contributed by atoms with Gasteiger partial charge in [-0.3, -0.25) is 19.3 Å². The van der Waals surface area contributed by atoms with Crippen molar-refractivity contribution in [3.63, 3.8) is 0 Å². The number of halogens is 1. The molecule has 4 heterocycles. The van der Waals surface area contributed by atoms with Gasteiger partial charge in [-0.25, -0.2) is 4.98 Å². The van der Waals surface area contributed by atoms with Crippen LogP contribution in [0.5, 0.6) is 5.75 Å². The van der Waals surface area contributed by atoms with Crippen molar-refractivity contribution in [1.29, 1.82) is 0 Å². The Morgan fingerprint density at radius 2 is 1.83 bits per heavy atom. The molecule has 0 fully saturated rings. The van der Waals surface area contributed by atoms with Gasteiger partial charge in [0.25, 0.3) is 5.56 Å². The van der Waals surface area contributed by atoms with Gasteiger partial charge in [-0.05, 0) is 70.0 Å². The number of pyridine rings is 4. The van der Waals surface area contributed by atoms with E-state index in [1.165, 1.54) is 0 Å². The highest BCUT2D eigenvalue weighted by Crippen LogP contribution is 2.28. The van der Waals surface area contributed by atoms with E-state index in [2.05, 4.69) is 15.0 Å². The summed E-state index contributed by atoms with van der Waals surface area (Å²) >= 11 is 6.47. The predicted octanol–water partition coefficient (Wildman–Crippen LogP) is 5.07. The van der Waals surface area contributed by atoms with E-state index in [1.54, 1.807) is 55.2 Å². The first kappa shape index (κ1) is 24.6. The summed E-state index contributed by atoms with van der Waals surface area (Å²) in [5, 5.41) is 10.3. The molecular formula is C27H27ClN4O3. The first-order chi connectivity index (χ1) is 16.5. The van der Waals surface area contributed by atoms with Crippen LogP contribution in [0.15, 0.2) is 59.8 Å². The minimum absolute atomic E-state index is 0.00359. The zero-order valence-corrected chi connectivity index (χ0v) is 21.1. The second kappa shape index (κ2) is 9.60. The fourth-order valence-electron chi connectivity index (χ4n) is 3.76. The van der Waals surface area contributed by atoms with Crippen molar-refractivity contribution in [3.8, 4) is 22.8 Å². The lowest BCUT2D eigenvalue weighted by Crippen LogP contribution is -2.23. The lowest BCUT2D eigenvalue weighted by atomic mass is 10.0. The zero-order chi connectivity index (χ0) is 25.3. The molecule has 4 aromatic heterocycles. The van der Waals surface area contributed by atoms with E-state index in [0.29, 0.717) is 34.2 Å². The third kappa shape index (κ3) is 5.26. The van der Waals surface area contributed by atoms with Crippen LogP contribution in [0.3, 0.4) is 0 Å². The van der Waals surface area contributed by atoms with Gasteiger partial charge in [0, 0.05) is 35.9 Å². The molecule has 1 N–H and O–H groups in total. The maximum atomic E-state index is 13.3. The van der Waals surface area contributed by atoms with E-state index in [9.17, 15) is 9.90 Å². The van der Waals surface area contributed by atoms with Crippen LogP contribution < -0.4 is 10.3 Å². The molecule has 0 saturated heterocycles. The van der Waals surface area contributed by atoms with Crippen molar-refractivity contribution >= 4 is 11.6 Å². The molecule has 0 saturated carbocycles. The minimum atomic E-state index is -1.09. The summed E-state index contributed by atoms with van der Waals surface area (Å²) in [6.07, 6.45) is 5.18. The maximum absolute atomic E-state index is 13.3. The summed E-state index contributed by atoms with van der Waals surface area (Å²) in [5.41, 5.74) is 4.24. The number of hydrogen-bond acceptors (Lipinski definition) is 6. The summed E-state index contributed by atoms with van der Waals surface area (Å²) in [4.78, 5) is 26.6. The molecule has 0 spiro atoms. The standard InChI is InChI=1S/C27H27ClN4O3/c1-16-9-19(14-29-12-16)15-35-23-10-18(3)32(26(33)25(23)28)22-11-21(30-13-17(22)2)20-7-6-8-24(31-20)27(4,5)34/h6-14,34H,15H2,1-5H3. The summed E-state index contributed by atoms with van der Waals surface area (Å²) in [7, 11) is 0. The Balaban J connectivity index is 1.72. The minimum Gasteiger partial charge on any atom is -0.487 e. The van der Waals surface area contributed by atoms with Crippen LogP contribution in [0.4, 0.5) is 0 Å². The van der Waals surface area contributed by atoms with E-state index in [-0.39, 0.29) is 17.2 Å². The number of nitrogens with zero attached hydrogens (tertiary/aromatic N) is 4. The molecule has 0 radical (unpaired) electrons. The Labute approximate surface area is 209 Å². The highest BCUT2D eigenvalue weighted by molar-refractivity contribution is 6.31. The smallest absolute Gasteiger partial charge is 0.277 e. The van der Waals surface area contributed by atoms with Crippen LogP contribution in [0.1, 0.15) is 41.9 Å². The van der Waals surface area contributed by atoms with Crippen LogP contribution in [0.25, 0.3) is 17.1 Å². The number of hydrogen-bond donors (Lipinski definition) is 1. The molecule has 0 aliphatic heterocycles. The number of aliphatic hydroxyl groups is 1. The van der Waals surface area contributed by atoms with Crippen LogP contribution in [-0.4, -0.2) is 24.6 Å². The van der Waals surface area contributed by atoms with E-state index in [0.717, 1.165) is 16.7 Å². The van der Waals surface area contributed by atoms with Crippen molar-refractivity contribution in [2.75, 3.05) is 0 Å². The summed E-state index contributed by atoms with van der Waals surface area (Å²) in [6, 6.07) is 10.9. The molecule has 35 heavy (non-hydrogen) atoms. The average Bonchev–Trinajstić information content (AvgIpc) is 2.81. The Bertz CT molecular complexity index is 1460. The molecule has 4 aromatic rings. The number of aromatic nitrogens is 4. The molecule has 180 valence electrons. The van der Waals surface area contributed by atoms with E-state index >= 15 is 0 Å². The van der Waals surface area contributed by atoms with E-state index in [1.807, 2.05) is 39.0 Å². The molecule has 0 atom stereocenters. The van der Waals surface area contributed by atoms with Crippen LogP contribution >= 0.6 is 11.6 Å². The number of rotatable bonds is 6. The molecule has 8 heteroatoms. The van der Waals surface area contributed by atoms with Crippen LogP contribution in [-0.2, 0) is 12.2 Å². The molecule has 0 bridgehead atoms. The van der Waals surface area contributed by atoms with E-state index in [4.69, 9.17) is 16.3 Å². The predicted molar refractivity (Wildman–Crippen MR) is 136 cm³/mol. The molecule has 0 amide bonds. The van der Waals surface area contributed by atoms with Crippen LogP contribution in [0, 0.1) is 20.8 Å². The van der Waals surface area contributed by atoms with Crippen LogP contribution in [0.2, 0.25) is 5.02 Å². The molecular weight excluding hydrogens is 464 g/mol. The first-order valence-corrected chi connectivity index (χ1v) is 11.5. The van der Waals surface area contributed by atoms with Gasteiger partial charge >= 0.3 is 0 Å². The van der Waals surface area contributed by atoms with Crippen molar-refractivity contribution in [2.45, 2.75) is 46.8 Å². The quantitative estimate of drug-likeness (QED) is 0.405. The largest absolute Gasteiger partial charge is 0.487 e. The van der Waals surface area contributed by atoms with Gasteiger partial charge in [0.1, 0.15) is 23.0 Å². The van der Waals surface area contributed by atoms with Gasteiger partial charge < -0.3 is 9.84 Å². The second-order valence-electron chi connectivity index (χ2n) is 9.09. The van der Waals surface area contributed by atoms with Gasteiger partial charge in [-0.1, -0.05) is 17.7 Å². The second-order valence-corrected chi connectivity index (χ2v) is 9.46. The average molecular weight is 491 g/mol. The van der Waals surface area contributed by atoms with Gasteiger partial charge in [-0.15, -0.1) is 0 Å². The van der Waals surface area contributed by atoms with Crippen molar-refractivity contribution in [1.82, 2.24) is 19.5 Å². The summed E-state index contributed by atoms with van der Waals surface area (Å²) in [5.74, 6) is 0.318. The highest BCUT2D eigenvalue weighted by atomic mass is 35.5.